The van der Waals surface area contributed by atoms with E-state index in [1.54, 1.807) is 14.2 Å². The van der Waals surface area contributed by atoms with Gasteiger partial charge in [0, 0.05) is 5.69 Å². The van der Waals surface area contributed by atoms with Crippen molar-refractivity contribution < 1.29 is 9.47 Å². The van der Waals surface area contributed by atoms with Crippen molar-refractivity contribution in [1.82, 2.24) is 0 Å². The van der Waals surface area contributed by atoms with Crippen LogP contribution in [0.5, 0.6) is 11.5 Å². The topological polar surface area (TPSA) is 44.5 Å². The van der Waals surface area contributed by atoms with E-state index < -0.39 is 0 Å². The van der Waals surface area contributed by atoms with Crippen LogP contribution < -0.4 is 15.2 Å². The molecule has 0 unspecified atom stereocenters. The third-order valence-electron chi connectivity index (χ3n) is 3.38. The van der Waals surface area contributed by atoms with Crippen LogP contribution in [0.3, 0.4) is 0 Å². The molecule has 0 atom stereocenters. The van der Waals surface area contributed by atoms with Gasteiger partial charge in [0.05, 0.1) is 14.2 Å². The van der Waals surface area contributed by atoms with E-state index in [1.807, 2.05) is 30.3 Å². The van der Waals surface area contributed by atoms with Crippen LogP contribution in [-0.4, -0.2) is 14.2 Å². The molecule has 0 heterocycles. The largest absolute Gasteiger partial charge is 0.497 e. The first-order valence-corrected chi connectivity index (χ1v) is 6.78. The number of methoxy groups -OCH3 is 2. The zero-order valence-electron chi connectivity index (χ0n) is 12.1. The number of aryl methyl sites for hydroxylation is 2. The highest BCUT2D eigenvalue weighted by Gasteiger charge is 2.05. The molecule has 3 heteroatoms. The van der Waals surface area contributed by atoms with E-state index in [2.05, 4.69) is 12.1 Å². The molecule has 2 aromatic carbocycles. The summed E-state index contributed by atoms with van der Waals surface area (Å²) in [4.78, 5) is 0. The highest BCUT2D eigenvalue weighted by molar-refractivity contribution is 5.41. The Balaban J connectivity index is 1.97. The molecule has 0 amide bonds. The lowest BCUT2D eigenvalue weighted by Gasteiger charge is -2.10. The summed E-state index contributed by atoms with van der Waals surface area (Å²) in [5.41, 5.74) is 8.98. The average Bonchev–Trinajstić information content (AvgIpc) is 2.49. The van der Waals surface area contributed by atoms with Crippen LogP contribution in [-0.2, 0) is 12.8 Å². The molecule has 3 nitrogen and oxygen atoms in total. The smallest absolute Gasteiger partial charge is 0.122 e. The van der Waals surface area contributed by atoms with Crippen LogP contribution in [0.25, 0.3) is 0 Å². The third kappa shape index (κ3) is 3.67. The summed E-state index contributed by atoms with van der Waals surface area (Å²) < 4.78 is 10.7. The molecule has 2 N–H and O–H groups in total. The normalized spacial score (nSPS) is 10.3. The van der Waals surface area contributed by atoms with Crippen molar-refractivity contribution in [1.29, 1.82) is 0 Å². The standard InChI is InChI=1S/C17H21NO2/c1-19-16-10-11-17(20-2)14(12-16)5-3-4-13-6-8-15(18)9-7-13/h6-12H,3-5,18H2,1-2H3. The summed E-state index contributed by atoms with van der Waals surface area (Å²) in [7, 11) is 3.38. The SMILES string of the molecule is COc1ccc(OC)c(CCCc2ccc(N)cc2)c1. The van der Waals surface area contributed by atoms with Crippen LogP contribution in [0, 0.1) is 0 Å². The maximum atomic E-state index is 5.69. The summed E-state index contributed by atoms with van der Waals surface area (Å²) in [5, 5.41) is 0. The van der Waals surface area contributed by atoms with Crippen LogP contribution in [0.15, 0.2) is 42.5 Å². The van der Waals surface area contributed by atoms with Crippen molar-refractivity contribution in [3.8, 4) is 11.5 Å². The third-order valence-corrected chi connectivity index (χ3v) is 3.38. The zero-order valence-corrected chi connectivity index (χ0v) is 12.1. The summed E-state index contributed by atoms with van der Waals surface area (Å²) in [6.07, 6.45) is 3.05. The van der Waals surface area contributed by atoms with E-state index >= 15 is 0 Å². The maximum absolute atomic E-state index is 5.69. The van der Waals surface area contributed by atoms with Crippen molar-refractivity contribution >= 4 is 5.69 Å². The van der Waals surface area contributed by atoms with Gasteiger partial charge in [0.2, 0.25) is 0 Å². The lowest BCUT2D eigenvalue weighted by atomic mass is 10.0. The van der Waals surface area contributed by atoms with Crippen molar-refractivity contribution in [3.05, 3.63) is 53.6 Å². The maximum Gasteiger partial charge on any atom is 0.122 e. The predicted octanol–water partition coefficient (Wildman–Crippen LogP) is 3.46. The van der Waals surface area contributed by atoms with Crippen molar-refractivity contribution in [3.63, 3.8) is 0 Å². The average molecular weight is 271 g/mol. The Morgan fingerprint density at radius 3 is 2.30 bits per heavy atom. The van der Waals surface area contributed by atoms with Gasteiger partial charge < -0.3 is 15.2 Å². The Morgan fingerprint density at radius 1 is 0.900 bits per heavy atom. The molecule has 0 bridgehead atoms. The van der Waals surface area contributed by atoms with Gasteiger partial charge in [0.25, 0.3) is 0 Å². The van der Waals surface area contributed by atoms with Crippen molar-refractivity contribution in [2.75, 3.05) is 20.0 Å². The van der Waals surface area contributed by atoms with Gasteiger partial charge in [-0.3, -0.25) is 0 Å². The molecule has 2 aromatic rings. The van der Waals surface area contributed by atoms with Gasteiger partial charge in [0.15, 0.2) is 0 Å². The number of hydrogen-bond acceptors (Lipinski definition) is 3. The zero-order chi connectivity index (χ0) is 14.4. The number of ether oxygens (including phenoxy) is 2. The molecular weight excluding hydrogens is 250 g/mol. The van der Waals surface area contributed by atoms with Crippen LogP contribution in [0.1, 0.15) is 17.5 Å². The minimum Gasteiger partial charge on any atom is -0.497 e. The second-order valence-electron chi connectivity index (χ2n) is 4.77. The lowest BCUT2D eigenvalue weighted by Crippen LogP contribution is -1.96. The first-order chi connectivity index (χ1) is 9.72. The van der Waals surface area contributed by atoms with Gasteiger partial charge in [-0.1, -0.05) is 12.1 Å². The molecule has 0 saturated heterocycles. The molecule has 0 aliphatic heterocycles. The monoisotopic (exact) mass is 271 g/mol. The summed E-state index contributed by atoms with van der Waals surface area (Å²) in [6.45, 7) is 0. The highest BCUT2D eigenvalue weighted by atomic mass is 16.5. The Morgan fingerprint density at radius 2 is 1.65 bits per heavy atom. The molecule has 0 radical (unpaired) electrons. The van der Waals surface area contributed by atoms with Gasteiger partial charge in [-0.15, -0.1) is 0 Å². The fourth-order valence-electron chi connectivity index (χ4n) is 2.24. The fraction of sp³-hybridized carbons (Fsp3) is 0.294. The van der Waals surface area contributed by atoms with Gasteiger partial charge in [-0.2, -0.15) is 0 Å². The fourth-order valence-corrected chi connectivity index (χ4v) is 2.24. The number of nitrogens with two attached hydrogens (primary N) is 1. The Kier molecular flexibility index (Phi) is 4.88. The molecule has 0 saturated carbocycles. The van der Waals surface area contributed by atoms with Crippen molar-refractivity contribution in [2.45, 2.75) is 19.3 Å². The first-order valence-electron chi connectivity index (χ1n) is 6.78. The van der Waals surface area contributed by atoms with Crippen LogP contribution in [0.4, 0.5) is 5.69 Å². The second kappa shape index (κ2) is 6.85. The Labute approximate surface area is 120 Å². The number of anilines is 1. The summed E-state index contributed by atoms with van der Waals surface area (Å²) in [5.74, 6) is 1.79. The van der Waals surface area contributed by atoms with E-state index in [0.717, 1.165) is 36.4 Å². The van der Waals surface area contributed by atoms with Gasteiger partial charge in [-0.05, 0) is 60.7 Å². The number of benzene rings is 2. The van der Waals surface area contributed by atoms with Gasteiger partial charge in [-0.25, -0.2) is 0 Å². The first kappa shape index (κ1) is 14.3. The van der Waals surface area contributed by atoms with Gasteiger partial charge >= 0.3 is 0 Å². The van der Waals surface area contributed by atoms with Crippen LogP contribution in [0.2, 0.25) is 0 Å². The molecule has 0 aliphatic rings. The molecule has 0 fully saturated rings. The van der Waals surface area contributed by atoms with E-state index in [4.69, 9.17) is 15.2 Å². The summed E-state index contributed by atoms with van der Waals surface area (Å²) in [6, 6.07) is 14.0. The van der Waals surface area contributed by atoms with Gasteiger partial charge in [0.1, 0.15) is 11.5 Å². The van der Waals surface area contributed by atoms with E-state index in [-0.39, 0.29) is 0 Å². The predicted molar refractivity (Wildman–Crippen MR) is 82.4 cm³/mol. The van der Waals surface area contributed by atoms with Crippen LogP contribution >= 0.6 is 0 Å². The number of rotatable bonds is 6. The number of hydrogen-bond donors (Lipinski definition) is 1. The second-order valence-corrected chi connectivity index (χ2v) is 4.77. The van der Waals surface area contributed by atoms with Crippen molar-refractivity contribution in [2.24, 2.45) is 0 Å². The highest BCUT2D eigenvalue weighted by Crippen LogP contribution is 2.25. The number of nitrogen functional groups attached to an aromatic ring is 1. The van der Waals surface area contributed by atoms with E-state index in [9.17, 15) is 0 Å². The molecule has 20 heavy (non-hydrogen) atoms. The molecule has 2 rings (SSSR count). The molecule has 106 valence electrons. The van der Waals surface area contributed by atoms with E-state index in [0.29, 0.717) is 0 Å². The molecule has 0 spiro atoms. The molecular formula is C17H21NO2. The Hall–Kier alpha value is -2.16. The quantitative estimate of drug-likeness (QED) is 0.818. The lowest BCUT2D eigenvalue weighted by molar-refractivity contribution is 0.398. The Bertz CT molecular complexity index is 549. The minimum absolute atomic E-state index is 0.809. The minimum atomic E-state index is 0.809. The molecule has 0 aromatic heterocycles. The van der Waals surface area contributed by atoms with E-state index in [1.165, 1.54) is 11.1 Å². The molecule has 0 aliphatic carbocycles. The summed E-state index contributed by atoms with van der Waals surface area (Å²) >= 11 is 0.